The van der Waals surface area contributed by atoms with Crippen LogP contribution in [0.1, 0.15) is 87.1 Å². The molecule has 5 aliphatic rings. The van der Waals surface area contributed by atoms with E-state index in [1.807, 2.05) is 31.2 Å². The number of ketones is 1. The number of nitrogens with one attached hydrogen (secondary N) is 1. The molecule has 0 saturated heterocycles. The van der Waals surface area contributed by atoms with Crippen LogP contribution in [0.15, 0.2) is 29.1 Å². The van der Waals surface area contributed by atoms with Crippen molar-refractivity contribution in [2.45, 2.75) is 95.7 Å². The maximum atomic E-state index is 13.5. The molecular weight excluding hydrogens is 476 g/mol. The predicted molar refractivity (Wildman–Crippen MR) is 146 cm³/mol. The van der Waals surface area contributed by atoms with Gasteiger partial charge in [-0.25, -0.2) is 0 Å². The maximum Gasteiger partial charge on any atom is 0.254 e. The fraction of sp³-hybridized carbons (Fsp3) is 0.656. The molecule has 1 aromatic carbocycles. The van der Waals surface area contributed by atoms with Gasteiger partial charge in [-0.1, -0.05) is 6.92 Å². The Morgan fingerprint density at radius 1 is 1.05 bits per heavy atom. The molecule has 5 fully saturated rings. The molecule has 1 N–H and O–H groups in total. The summed E-state index contributed by atoms with van der Waals surface area (Å²) < 4.78 is 7.11. The van der Waals surface area contributed by atoms with E-state index in [1.54, 1.807) is 11.7 Å². The van der Waals surface area contributed by atoms with Crippen LogP contribution in [-0.2, 0) is 22.5 Å². The van der Waals surface area contributed by atoms with Gasteiger partial charge in [0.15, 0.2) is 5.78 Å². The lowest BCUT2D eigenvalue weighted by Gasteiger charge is -2.49. The van der Waals surface area contributed by atoms with Gasteiger partial charge in [-0.05, 0) is 123 Å². The molecule has 1 aromatic heterocycles. The van der Waals surface area contributed by atoms with Crippen LogP contribution < -0.4 is 10.9 Å². The first-order valence-electron chi connectivity index (χ1n) is 14.9. The van der Waals surface area contributed by atoms with Gasteiger partial charge in [0.05, 0.1) is 11.6 Å². The summed E-state index contributed by atoms with van der Waals surface area (Å²) in [7, 11) is 1.74. The Hall–Kier alpha value is -2.47. The van der Waals surface area contributed by atoms with Gasteiger partial charge < -0.3 is 10.1 Å². The number of aryl methyl sites for hydroxylation is 1. The monoisotopic (exact) mass is 516 g/mol. The number of hydrogen-bond acceptors (Lipinski definition) is 4. The summed E-state index contributed by atoms with van der Waals surface area (Å²) in [6.45, 7) is 2.00. The molecule has 5 saturated carbocycles. The Morgan fingerprint density at radius 3 is 2.63 bits per heavy atom. The third kappa shape index (κ3) is 3.65. The number of pyridine rings is 1. The molecular formula is C32H40N2O4. The van der Waals surface area contributed by atoms with Gasteiger partial charge in [0, 0.05) is 29.7 Å². The number of ether oxygens (including phenoxy) is 1. The van der Waals surface area contributed by atoms with Gasteiger partial charge in [-0.15, -0.1) is 0 Å². The van der Waals surface area contributed by atoms with Crippen LogP contribution in [0.3, 0.4) is 0 Å². The standard InChI is InChI=1S/C32H40N2O4/c1-3-20-11-23-12-22(29(36)21-4-7-26(38-2)8-5-21)6-9-27(23)34(30(20)37)17-28(35)33-31-14-19-10-24-13-25(16-31)32(24,15-19)18-31/h6,9,11-12,19,21,24-26H,3-5,7-8,10,13-18H2,1-2H3,(H,33,35). The first-order valence-corrected chi connectivity index (χ1v) is 14.9. The van der Waals surface area contributed by atoms with Crippen LogP contribution in [0, 0.1) is 29.1 Å². The number of rotatable bonds is 7. The van der Waals surface area contributed by atoms with Gasteiger partial charge >= 0.3 is 0 Å². The first kappa shape index (κ1) is 24.6. The van der Waals surface area contributed by atoms with Crippen LogP contribution >= 0.6 is 0 Å². The molecule has 38 heavy (non-hydrogen) atoms. The van der Waals surface area contributed by atoms with Crippen molar-refractivity contribution < 1.29 is 14.3 Å². The van der Waals surface area contributed by atoms with Gasteiger partial charge in [0.25, 0.3) is 5.56 Å². The lowest BCUT2D eigenvalue weighted by molar-refractivity contribution is -0.124. The largest absolute Gasteiger partial charge is 0.381 e. The number of amides is 1. The molecule has 2 aromatic rings. The van der Waals surface area contributed by atoms with Crippen LogP contribution in [0.25, 0.3) is 10.9 Å². The van der Waals surface area contributed by atoms with Gasteiger partial charge in [-0.2, -0.15) is 0 Å². The number of carbonyl (C=O) groups excluding carboxylic acids is 2. The summed E-state index contributed by atoms with van der Waals surface area (Å²) in [5.74, 6) is 2.58. The normalized spacial score (nSPS) is 36.7. The fourth-order valence-corrected chi connectivity index (χ4v) is 9.79. The van der Waals surface area contributed by atoms with E-state index in [2.05, 4.69) is 5.32 Å². The lowest BCUT2D eigenvalue weighted by Crippen LogP contribution is -2.51. The Kier molecular flexibility index (Phi) is 5.67. The van der Waals surface area contributed by atoms with Crippen LogP contribution in [0.5, 0.6) is 0 Å². The third-order valence-corrected chi connectivity index (χ3v) is 11.4. The number of Topliss-reactive ketones (excluding diaryl/α,β-unsaturated/α-hetero) is 1. The highest BCUT2D eigenvalue weighted by Gasteiger charge is 2.71. The smallest absolute Gasteiger partial charge is 0.254 e. The molecule has 5 aliphatic carbocycles. The fourth-order valence-electron chi connectivity index (χ4n) is 9.79. The van der Waals surface area contributed by atoms with Crippen molar-refractivity contribution in [1.29, 1.82) is 0 Å². The predicted octanol–water partition coefficient (Wildman–Crippen LogP) is 5.04. The molecule has 1 spiro atoms. The first-order chi connectivity index (χ1) is 18.3. The lowest BCUT2D eigenvalue weighted by atomic mass is 9.56. The van der Waals surface area contributed by atoms with E-state index < -0.39 is 0 Å². The van der Waals surface area contributed by atoms with Crippen molar-refractivity contribution in [3.05, 3.63) is 45.7 Å². The van der Waals surface area contributed by atoms with Crippen molar-refractivity contribution >= 4 is 22.6 Å². The SMILES string of the molecule is CCc1cc2cc(C(=O)C3CCC(OC)CC3)ccc2n(CC(=O)NC23CC4CC5CC(C2)C5(C4)C3)c1=O. The van der Waals surface area contributed by atoms with E-state index in [9.17, 15) is 14.4 Å². The summed E-state index contributed by atoms with van der Waals surface area (Å²) in [6, 6.07) is 7.56. The minimum absolute atomic E-state index is 0.0204. The Balaban J connectivity index is 1.14. The summed E-state index contributed by atoms with van der Waals surface area (Å²) in [6.07, 6.45) is 11.8. The number of fused-ring (bicyclic) bond motifs is 3. The summed E-state index contributed by atoms with van der Waals surface area (Å²) in [5.41, 5.74) is 2.45. The molecule has 202 valence electrons. The average molecular weight is 517 g/mol. The molecule has 5 atom stereocenters. The van der Waals surface area contributed by atoms with E-state index in [-0.39, 0.29) is 41.4 Å². The highest BCUT2D eigenvalue weighted by Crippen LogP contribution is 2.76. The van der Waals surface area contributed by atoms with Crippen LogP contribution in [0.2, 0.25) is 0 Å². The van der Waals surface area contributed by atoms with Gasteiger partial charge in [-0.3, -0.25) is 19.0 Å². The molecule has 0 radical (unpaired) electrons. The van der Waals surface area contributed by atoms with E-state index >= 15 is 0 Å². The zero-order chi connectivity index (χ0) is 26.2. The molecule has 0 aliphatic heterocycles. The van der Waals surface area contributed by atoms with Gasteiger partial charge in [0.1, 0.15) is 6.54 Å². The Bertz CT molecular complexity index is 1370. The van der Waals surface area contributed by atoms with E-state index in [4.69, 9.17) is 4.74 Å². The van der Waals surface area contributed by atoms with Crippen molar-refractivity contribution in [3.8, 4) is 0 Å². The van der Waals surface area contributed by atoms with Crippen molar-refractivity contribution in [3.63, 3.8) is 0 Å². The van der Waals surface area contributed by atoms with Gasteiger partial charge in [0.2, 0.25) is 5.91 Å². The van der Waals surface area contributed by atoms with E-state index in [0.717, 1.165) is 73.6 Å². The molecule has 5 unspecified atom stereocenters. The maximum absolute atomic E-state index is 13.5. The van der Waals surface area contributed by atoms with Crippen molar-refractivity contribution in [2.24, 2.45) is 29.1 Å². The van der Waals surface area contributed by atoms with E-state index in [1.165, 1.54) is 19.3 Å². The number of benzene rings is 1. The second-order valence-corrected chi connectivity index (χ2v) is 13.3. The van der Waals surface area contributed by atoms with Crippen molar-refractivity contribution in [2.75, 3.05) is 7.11 Å². The number of aromatic nitrogens is 1. The second-order valence-electron chi connectivity index (χ2n) is 13.3. The van der Waals surface area contributed by atoms with E-state index in [0.29, 0.717) is 23.0 Å². The second kappa shape index (κ2) is 8.77. The third-order valence-electron chi connectivity index (χ3n) is 11.4. The summed E-state index contributed by atoms with van der Waals surface area (Å²) in [5, 5.41) is 4.33. The molecule has 1 heterocycles. The highest BCUT2D eigenvalue weighted by molar-refractivity contribution is 6.01. The Morgan fingerprint density at radius 2 is 1.87 bits per heavy atom. The topological polar surface area (TPSA) is 77.4 Å². The molecule has 3 bridgehead atoms. The Labute approximate surface area is 224 Å². The zero-order valence-electron chi connectivity index (χ0n) is 22.8. The minimum Gasteiger partial charge on any atom is -0.381 e. The highest BCUT2D eigenvalue weighted by atomic mass is 16.5. The number of carbonyl (C=O) groups is 2. The average Bonchev–Trinajstić information content (AvgIpc) is 3.23. The quantitative estimate of drug-likeness (QED) is 0.523. The molecule has 7 rings (SSSR count). The molecule has 1 amide bonds. The van der Waals surface area contributed by atoms with Crippen molar-refractivity contribution in [1.82, 2.24) is 9.88 Å². The molecule has 6 nitrogen and oxygen atoms in total. The number of hydrogen-bond donors (Lipinski definition) is 1. The summed E-state index contributed by atoms with van der Waals surface area (Å²) in [4.78, 5) is 40.2. The number of nitrogens with zero attached hydrogens (tertiary/aromatic N) is 1. The molecule has 6 heteroatoms. The van der Waals surface area contributed by atoms with Crippen LogP contribution in [0.4, 0.5) is 0 Å². The zero-order valence-corrected chi connectivity index (χ0v) is 22.8. The minimum atomic E-state index is -0.0986. The number of methoxy groups -OCH3 is 1. The van der Waals surface area contributed by atoms with Crippen LogP contribution in [-0.4, -0.2) is 35.0 Å². The summed E-state index contributed by atoms with van der Waals surface area (Å²) >= 11 is 0.